The van der Waals surface area contributed by atoms with Crippen LogP contribution in [0.25, 0.3) is 0 Å². The number of rotatable bonds is 6. The van der Waals surface area contributed by atoms with E-state index in [1.54, 1.807) is 47.4 Å². The van der Waals surface area contributed by atoms with E-state index in [0.29, 0.717) is 32.0 Å². The van der Waals surface area contributed by atoms with E-state index in [1.807, 2.05) is 6.92 Å². The summed E-state index contributed by atoms with van der Waals surface area (Å²) >= 11 is 0. The molecule has 1 heterocycles. The number of anilines is 1. The predicted molar refractivity (Wildman–Crippen MR) is 106 cm³/mol. The van der Waals surface area contributed by atoms with E-state index in [4.69, 9.17) is 9.47 Å². The second kappa shape index (κ2) is 8.62. The molecule has 3 rings (SSSR count). The zero-order chi connectivity index (χ0) is 20.1. The zero-order valence-corrected chi connectivity index (χ0v) is 16.8. The highest BCUT2D eigenvalue weighted by molar-refractivity contribution is 7.92. The molecule has 0 spiro atoms. The Hall–Kier alpha value is -2.58. The summed E-state index contributed by atoms with van der Waals surface area (Å²) in [6, 6.07) is 11.8. The molecule has 28 heavy (non-hydrogen) atoms. The number of methoxy groups -OCH3 is 1. The molecular weight excluding hydrogens is 380 g/mol. The highest BCUT2D eigenvalue weighted by Gasteiger charge is 2.20. The van der Waals surface area contributed by atoms with Gasteiger partial charge in [-0.3, -0.25) is 9.52 Å². The minimum absolute atomic E-state index is 0.0427. The molecule has 0 atom stereocenters. The molecule has 1 saturated heterocycles. The van der Waals surface area contributed by atoms with Gasteiger partial charge in [0.25, 0.3) is 10.0 Å². The van der Waals surface area contributed by atoms with Gasteiger partial charge in [-0.25, -0.2) is 8.42 Å². The fourth-order valence-corrected chi connectivity index (χ4v) is 4.31. The topological polar surface area (TPSA) is 84.9 Å². The third-order valence-corrected chi connectivity index (χ3v) is 5.94. The average Bonchev–Trinajstić information content (AvgIpc) is 2.70. The van der Waals surface area contributed by atoms with Gasteiger partial charge < -0.3 is 14.4 Å². The Morgan fingerprint density at radius 1 is 1.14 bits per heavy atom. The van der Waals surface area contributed by atoms with Crippen LogP contribution in [0.15, 0.2) is 47.4 Å². The Kier molecular flexibility index (Phi) is 6.21. The number of sulfonamides is 1. The Morgan fingerprint density at radius 2 is 1.82 bits per heavy atom. The minimum atomic E-state index is -3.80. The molecule has 0 aromatic heterocycles. The number of hydrogen-bond donors (Lipinski definition) is 1. The number of benzene rings is 2. The number of carbonyl (C=O) groups excluding carboxylic acids is 1. The number of aryl methyl sites for hydroxylation is 1. The molecule has 1 aliphatic rings. The molecule has 1 amide bonds. The van der Waals surface area contributed by atoms with Crippen molar-refractivity contribution in [2.75, 3.05) is 38.1 Å². The van der Waals surface area contributed by atoms with Crippen molar-refractivity contribution >= 4 is 21.6 Å². The number of hydrogen-bond acceptors (Lipinski definition) is 5. The molecule has 1 N–H and O–H groups in total. The maximum atomic E-state index is 12.7. The van der Waals surface area contributed by atoms with Gasteiger partial charge in [0.2, 0.25) is 5.91 Å². The number of carbonyl (C=O) groups is 1. The van der Waals surface area contributed by atoms with Gasteiger partial charge in [-0.2, -0.15) is 0 Å². The van der Waals surface area contributed by atoms with Gasteiger partial charge in [0.1, 0.15) is 10.6 Å². The van der Waals surface area contributed by atoms with Crippen molar-refractivity contribution < 1.29 is 22.7 Å². The quantitative estimate of drug-likeness (QED) is 0.798. The van der Waals surface area contributed by atoms with E-state index in [1.165, 1.54) is 7.11 Å². The van der Waals surface area contributed by atoms with Crippen molar-refractivity contribution in [3.05, 3.63) is 53.6 Å². The molecule has 0 unspecified atom stereocenters. The molecule has 2 aromatic rings. The summed E-state index contributed by atoms with van der Waals surface area (Å²) in [6.07, 6.45) is 0.277. The van der Waals surface area contributed by atoms with Crippen molar-refractivity contribution in [2.24, 2.45) is 0 Å². The average molecular weight is 404 g/mol. The third kappa shape index (κ3) is 4.82. The number of nitrogens with zero attached hydrogens (tertiary/aromatic N) is 1. The minimum Gasteiger partial charge on any atom is -0.495 e. The Bertz CT molecular complexity index is 936. The van der Waals surface area contributed by atoms with Crippen LogP contribution < -0.4 is 9.46 Å². The lowest BCUT2D eigenvalue weighted by Crippen LogP contribution is -2.41. The first-order valence-electron chi connectivity index (χ1n) is 9.01. The fourth-order valence-electron chi connectivity index (χ4n) is 2.99. The Balaban J connectivity index is 1.70. The van der Waals surface area contributed by atoms with Crippen molar-refractivity contribution in [3.63, 3.8) is 0 Å². The van der Waals surface area contributed by atoms with Crippen LogP contribution >= 0.6 is 0 Å². The van der Waals surface area contributed by atoms with Gasteiger partial charge >= 0.3 is 0 Å². The standard InChI is InChI=1S/C20H24N2O5S/c1-15-3-8-18(26-2)19(13-15)28(24,25)21-17-6-4-16(5-7-17)14-20(23)22-9-11-27-12-10-22/h3-8,13,21H,9-12,14H2,1-2H3. The molecule has 0 radical (unpaired) electrons. The normalized spacial score (nSPS) is 14.6. The van der Waals surface area contributed by atoms with Crippen LogP contribution in [0.4, 0.5) is 5.69 Å². The molecule has 150 valence electrons. The molecular formula is C20H24N2O5S. The van der Waals surface area contributed by atoms with Gasteiger partial charge in [0, 0.05) is 18.8 Å². The first-order chi connectivity index (χ1) is 13.4. The molecule has 8 heteroatoms. The van der Waals surface area contributed by atoms with Crippen LogP contribution in [-0.4, -0.2) is 52.6 Å². The smallest absolute Gasteiger partial charge is 0.265 e. The number of morpholine rings is 1. The van der Waals surface area contributed by atoms with Crippen molar-refractivity contribution in [3.8, 4) is 5.75 Å². The predicted octanol–water partition coefficient (Wildman–Crippen LogP) is 2.21. The first-order valence-corrected chi connectivity index (χ1v) is 10.5. The van der Waals surface area contributed by atoms with E-state index in [2.05, 4.69) is 4.72 Å². The van der Waals surface area contributed by atoms with Gasteiger partial charge in [0.15, 0.2) is 0 Å². The fraction of sp³-hybridized carbons (Fsp3) is 0.350. The maximum Gasteiger partial charge on any atom is 0.265 e. The van der Waals surface area contributed by atoms with Crippen LogP contribution in [0.1, 0.15) is 11.1 Å². The van der Waals surface area contributed by atoms with Gasteiger partial charge in [-0.15, -0.1) is 0 Å². The van der Waals surface area contributed by atoms with Crippen LogP contribution in [0.3, 0.4) is 0 Å². The van der Waals surface area contributed by atoms with E-state index in [9.17, 15) is 13.2 Å². The molecule has 0 saturated carbocycles. The van der Waals surface area contributed by atoms with Crippen molar-refractivity contribution in [1.82, 2.24) is 4.90 Å². The zero-order valence-electron chi connectivity index (χ0n) is 16.0. The van der Waals surface area contributed by atoms with Crippen molar-refractivity contribution in [1.29, 1.82) is 0 Å². The number of amides is 1. The van der Waals surface area contributed by atoms with Crippen LogP contribution in [0, 0.1) is 6.92 Å². The lowest BCUT2D eigenvalue weighted by Gasteiger charge is -2.26. The largest absolute Gasteiger partial charge is 0.495 e. The van der Waals surface area contributed by atoms with E-state index < -0.39 is 10.0 Å². The summed E-state index contributed by atoms with van der Waals surface area (Å²) in [6.45, 7) is 4.16. The monoisotopic (exact) mass is 404 g/mol. The molecule has 0 bridgehead atoms. The first kappa shape index (κ1) is 20.2. The van der Waals surface area contributed by atoms with E-state index in [-0.39, 0.29) is 23.0 Å². The third-order valence-electron chi connectivity index (χ3n) is 4.53. The lowest BCUT2D eigenvalue weighted by molar-refractivity contribution is -0.134. The van der Waals surface area contributed by atoms with Gasteiger partial charge in [-0.1, -0.05) is 18.2 Å². The van der Waals surface area contributed by atoms with Gasteiger partial charge in [-0.05, 0) is 42.3 Å². The second-order valence-corrected chi connectivity index (χ2v) is 8.28. The van der Waals surface area contributed by atoms with E-state index >= 15 is 0 Å². The summed E-state index contributed by atoms with van der Waals surface area (Å²) in [5.74, 6) is 0.326. The maximum absolute atomic E-state index is 12.7. The van der Waals surface area contributed by atoms with Crippen LogP contribution in [-0.2, 0) is 26.0 Å². The lowest BCUT2D eigenvalue weighted by atomic mass is 10.1. The highest BCUT2D eigenvalue weighted by Crippen LogP contribution is 2.27. The van der Waals surface area contributed by atoms with Crippen molar-refractivity contribution in [2.45, 2.75) is 18.2 Å². The molecule has 2 aromatic carbocycles. The molecule has 7 nitrogen and oxygen atoms in total. The Morgan fingerprint density at radius 3 is 2.46 bits per heavy atom. The van der Waals surface area contributed by atoms with Crippen LogP contribution in [0.2, 0.25) is 0 Å². The summed E-state index contributed by atoms with van der Waals surface area (Å²) < 4.78 is 38.5. The summed E-state index contributed by atoms with van der Waals surface area (Å²) in [5.41, 5.74) is 2.07. The second-order valence-electron chi connectivity index (χ2n) is 6.63. The Labute approximate surface area is 165 Å². The molecule has 1 fully saturated rings. The summed E-state index contributed by atoms with van der Waals surface area (Å²) in [7, 11) is -2.36. The highest BCUT2D eigenvalue weighted by atomic mass is 32.2. The molecule has 1 aliphatic heterocycles. The van der Waals surface area contributed by atoms with Gasteiger partial charge in [0.05, 0.1) is 26.7 Å². The van der Waals surface area contributed by atoms with E-state index in [0.717, 1.165) is 11.1 Å². The number of nitrogens with one attached hydrogen (secondary N) is 1. The number of ether oxygens (including phenoxy) is 2. The molecule has 0 aliphatic carbocycles. The SMILES string of the molecule is COc1ccc(C)cc1S(=O)(=O)Nc1ccc(CC(=O)N2CCOCC2)cc1. The summed E-state index contributed by atoms with van der Waals surface area (Å²) in [4.78, 5) is 14.2. The summed E-state index contributed by atoms with van der Waals surface area (Å²) in [5, 5.41) is 0. The van der Waals surface area contributed by atoms with Crippen LogP contribution in [0.5, 0.6) is 5.75 Å².